The number of hydrogen-bond donors (Lipinski definition) is 3. The molecule has 146 valence electrons. The van der Waals surface area contributed by atoms with Crippen molar-refractivity contribution in [2.75, 3.05) is 6.54 Å². The van der Waals surface area contributed by atoms with Crippen LogP contribution in [0.1, 0.15) is 29.5 Å². The van der Waals surface area contributed by atoms with Crippen LogP contribution in [0.15, 0.2) is 48.5 Å². The van der Waals surface area contributed by atoms with E-state index in [4.69, 9.17) is 5.73 Å². The number of nitrogens with two attached hydrogens (primary N) is 1. The summed E-state index contributed by atoms with van der Waals surface area (Å²) >= 11 is 0. The van der Waals surface area contributed by atoms with Crippen LogP contribution >= 0.6 is 0 Å². The van der Waals surface area contributed by atoms with E-state index in [0.717, 1.165) is 17.7 Å². The smallest absolute Gasteiger partial charge is 0.390 e. The van der Waals surface area contributed by atoms with Crippen LogP contribution < -0.4 is 11.1 Å². The van der Waals surface area contributed by atoms with Crippen molar-refractivity contribution in [1.82, 2.24) is 5.32 Å². The summed E-state index contributed by atoms with van der Waals surface area (Å²) in [5.74, 6) is -0.922. The second-order valence-electron chi connectivity index (χ2n) is 7.11. The number of halogens is 4. The Bertz CT molecular complexity index is 775. The molecule has 1 aliphatic rings. The van der Waals surface area contributed by atoms with E-state index in [0.29, 0.717) is 25.3 Å². The Morgan fingerprint density at radius 2 is 1.78 bits per heavy atom. The Kier molecular flexibility index (Phi) is 5.55. The Labute approximate surface area is 155 Å². The van der Waals surface area contributed by atoms with E-state index >= 15 is 0 Å². The van der Waals surface area contributed by atoms with E-state index in [1.165, 1.54) is 0 Å². The molecule has 2 atom stereocenters. The highest BCUT2D eigenvalue weighted by Gasteiger charge is 2.45. The number of hydrogen-bond acceptors (Lipinski definition) is 3. The second kappa shape index (κ2) is 7.58. The number of alkyl halides is 3. The highest BCUT2D eigenvalue weighted by Crippen LogP contribution is 2.47. The third kappa shape index (κ3) is 4.86. The largest absolute Gasteiger partial charge is 0.416 e. The molecule has 0 saturated heterocycles. The zero-order chi connectivity index (χ0) is 19.7. The molecule has 0 aromatic heterocycles. The SMILES string of the molecule is N[C@@H](Cc1ccccc1)[C@H](O)CNC1(c2cc(F)cc(C(F)(F)F)c2)CC1. The summed E-state index contributed by atoms with van der Waals surface area (Å²) in [7, 11) is 0. The van der Waals surface area contributed by atoms with Gasteiger partial charge in [-0.05, 0) is 48.6 Å². The van der Waals surface area contributed by atoms with Crippen molar-refractivity contribution in [3.63, 3.8) is 0 Å². The van der Waals surface area contributed by atoms with Crippen LogP contribution in [-0.4, -0.2) is 23.8 Å². The molecule has 7 heteroatoms. The van der Waals surface area contributed by atoms with Gasteiger partial charge >= 0.3 is 6.18 Å². The third-order valence-electron chi connectivity index (χ3n) is 4.99. The van der Waals surface area contributed by atoms with Crippen LogP contribution in [0.4, 0.5) is 17.6 Å². The maximum Gasteiger partial charge on any atom is 0.416 e. The molecule has 1 fully saturated rings. The molecule has 27 heavy (non-hydrogen) atoms. The zero-order valence-electron chi connectivity index (χ0n) is 14.6. The first kappa shape index (κ1) is 19.8. The van der Waals surface area contributed by atoms with Gasteiger partial charge in [0.1, 0.15) is 5.82 Å². The summed E-state index contributed by atoms with van der Waals surface area (Å²) in [5.41, 5.74) is 5.54. The average molecular weight is 382 g/mol. The maximum atomic E-state index is 13.7. The zero-order valence-corrected chi connectivity index (χ0v) is 14.6. The lowest BCUT2D eigenvalue weighted by atomic mass is 9.99. The van der Waals surface area contributed by atoms with Crippen LogP contribution in [-0.2, 0) is 18.1 Å². The lowest BCUT2D eigenvalue weighted by Crippen LogP contribution is -2.45. The molecule has 2 aromatic carbocycles. The molecule has 0 aliphatic heterocycles. The van der Waals surface area contributed by atoms with Gasteiger partial charge in [-0.3, -0.25) is 0 Å². The molecular formula is C20H22F4N2O. The van der Waals surface area contributed by atoms with Crippen molar-refractivity contribution in [1.29, 1.82) is 0 Å². The summed E-state index contributed by atoms with van der Waals surface area (Å²) in [6.07, 6.45) is -3.85. The predicted octanol–water partition coefficient (Wildman–Crippen LogP) is 3.35. The van der Waals surface area contributed by atoms with E-state index in [1.54, 1.807) is 0 Å². The summed E-state index contributed by atoms with van der Waals surface area (Å²) in [6.45, 7) is 0.117. The van der Waals surface area contributed by atoms with E-state index in [-0.39, 0.29) is 12.1 Å². The van der Waals surface area contributed by atoms with Crippen molar-refractivity contribution in [2.45, 2.75) is 43.1 Å². The molecule has 0 bridgehead atoms. The summed E-state index contributed by atoms with van der Waals surface area (Å²) in [4.78, 5) is 0. The number of nitrogens with one attached hydrogen (secondary N) is 1. The normalized spacial score (nSPS) is 18.1. The van der Waals surface area contributed by atoms with Crippen molar-refractivity contribution >= 4 is 0 Å². The van der Waals surface area contributed by atoms with Crippen LogP contribution in [0.2, 0.25) is 0 Å². The topological polar surface area (TPSA) is 58.3 Å². The van der Waals surface area contributed by atoms with Crippen LogP contribution in [0, 0.1) is 5.82 Å². The third-order valence-corrected chi connectivity index (χ3v) is 4.99. The van der Waals surface area contributed by atoms with Crippen molar-refractivity contribution in [2.24, 2.45) is 5.73 Å². The Hall–Kier alpha value is -1.96. The average Bonchev–Trinajstić information content (AvgIpc) is 3.40. The first-order valence-corrected chi connectivity index (χ1v) is 8.80. The fourth-order valence-electron chi connectivity index (χ4n) is 3.20. The van der Waals surface area contributed by atoms with Gasteiger partial charge in [0.15, 0.2) is 0 Å². The van der Waals surface area contributed by atoms with Gasteiger partial charge < -0.3 is 16.2 Å². The summed E-state index contributed by atoms with van der Waals surface area (Å²) in [5, 5.41) is 13.4. The van der Waals surface area contributed by atoms with E-state index in [1.807, 2.05) is 30.3 Å². The standard InChI is InChI=1S/C20H22F4N2O/c21-16-10-14(9-15(11-16)20(22,23)24)19(6-7-19)26-12-18(27)17(25)8-13-4-2-1-3-5-13/h1-5,9-11,17-18,26-27H,6-8,12,25H2/t17-,18+/m0/s1. The molecule has 3 rings (SSSR count). The lowest BCUT2D eigenvalue weighted by molar-refractivity contribution is -0.137. The molecule has 0 unspecified atom stereocenters. The highest BCUT2D eigenvalue weighted by molar-refractivity contribution is 5.35. The molecule has 1 aliphatic carbocycles. The van der Waals surface area contributed by atoms with Gasteiger partial charge in [-0.1, -0.05) is 30.3 Å². The van der Waals surface area contributed by atoms with Gasteiger partial charge in [0, 0.05) is 18.1 Å². The monoisotopic (exact) mass is 382 g/mol. The first-order chi connectivity index (χ1) is 12.7. The second-order valence-corrected chi connectivity index (χ2v) is 7.11. The van der Waals surface area contributed by atoms with Gasteiger partial charge in [0.25, 0.3) is 0 Å². The van der Waals surface area contributed by atoms with Crippen LogP contribution in [0.3, 0.4) is 0 Å². The molecule has 0 spiro atoms. The molecule has 0 heterocycles. The fourth-order valence-corrected chi connectivity index (χ4v) is 3.20. The van der Waals surface area contributed by atoms with Crippen LogP contribution in [0.5, 0.6) is 0 Å². The lowest BCUT2D eigenvalue weighted by Gasteiger charge is -2.24. The van der Waals surface area contributed by atoms with Gasteiger partial charge in [-0.15, -0.1) is 0 Å². The molecular weight excluding hydrogens is 360 g/mol. The van der Waals surface area contributed by atoms with E-state index in [2.05, 4.69) is 5.32 Å². The van der Waals surface area contributed by atoms with Gasteiger partial charge in [-0.2, -0.15) is 13.2 Å². The van der Waals surface area contributed by atoms with Crippen molar-refractivity contribution < 1.29 is 22.7 Å². The first-order valence-electron chi connectivity index (χ1n) is 8.80. The van der Waals surface area contributed by atoms with E-state index in [9.17, 15) is 22.7 Å². The summed E-state index contributed by atoms with van der Waals surface area (Å²) in [6, 6.07) is 11.5. The molecule has 4 N–H and O–H groups in total. The Morgan fingerprint density at radius 1 is 1.11 bits per heavy atom. The number of benzene rings is 2. The minimum atomic E-state index is -4.61. The van der Waals surface area contributed by atoms with Crippen molar-refractivity contribution in [3.8, 4) is 0 Å². The Morgan fingerprint density at radius 3 is 2.37 bits per heavy atom. The minimum absolute atomic E-state index is 0.117. The van der Waals surface area contributed by atoms with Crippen LogP contribution in [0.25, 0.3) is 0 Å². The predicted molar refractivity (Wildman–Crippen MR) is 94.4 cm³/mol. The minimum Gasteiger partial charge on any atom is -0.390 e. The molecule has 1 saturated carbocycles. The number of rotatable bonds is 7. The Balaban J connectivity index is 1.65. The quantitative estimate of drug-likeness (QED) is 0.644. The van der Waals surface area contributed by atoms with Crippen molar-refractivity contribution in [3.05, 3.63) is 71.0 Å². The molecule has 0 radical (unpaired) electrons. The summed E-state index contributed by atoms with van der Waals surface area (Å²) < 4.78 is 52.5. The van der Waals surface area contributed by atoms with Gasteiger partial charge in [-0.25, -0.2) is 4.39 Å². The number of aliphatic hydroxyl groups excluding tert-OH is 1. The fraction of sp³-hybridized carbons (Fsp3) is 0.400. The van der Waals surface area contributed by atoms with Gasteiger partial charge in [0.05, 0.1) is 11.7 Å². The maximum absolute atomic E-state index is 13.7. The molecule has 0 amide bonds. The highest BCUT2D eigenvalue weighted by atomic mass is 19.4. The molecule has 2 aromatic rings. The molecule has 3 nitrogen and oxygen atoms in total. The number of aliphatic hydroxyl groups is 1. The van der Waals surface area contributed by atoms with Gasteiger partial charge in [0.2, 0.25) is 0 Å². The van der Waals surface area contributed by atoms with E-state index < -0.39 is 35.2 Å².